The van der Waals surface area contributed by atoms with Crippen molar-refractivity contribution in [3.63, 3.8) is 0 Å². The van der Waals surface area contributed by atoms with Crippen LogP contribution in [0.15, 0.2) is 0 Å². The largest absolute Gasteiger partial charge is 0.405 e. The first kappa shape index (κ1) is 12.7. The lowest BCUT2D eigenvalue weighted by molar-refractivity contribution is -0.138. The molecule has 0 aliphatic rings. The second-order valence-corrected chi connectivity index (χ2v) is 2.37. The van der Waals surface area contributed by atoms with Gasteiger partial charge in [0.1, 0.15) is 6.54 Å². The zero-order valence-electron chi connectivity index (χ0n) is 7.15. The van der Waals surface area contributed by atoms with Crippen molar-refractivity contribution in [1.82, 2.24) is 10.6 Å². The Morgan fingerprint density at radius 3 is 2.14 bits per heavy atom. The van der Waals surface area contributed by atoms with Crippen molar-refractivity contribution in [3.05, 3.63) is 0 Å². The number of alkyl halides is 3. The van der Waals surface area contributed by atoms with E-state index in [2.05, 4.69) is 0 Å². The van der Waals surface area contributed by atoms with Gasteiger partial charge in [-0.1, -0.05) is 0 Å². The Morgan fingerprint density at radius 2 is 1.71 bits per heavy atom. The molecule has 0 aliphatic heterocycles. The average molecular weight is 213 g/mol. The number of carbonyl (C=O) groups excluding carboxylic acids is 2. The molecule has 0 aromatic carbocycles. The van der Waals surface area contributed by atoms with Crippen LogP contribution in [-0.2, 0) is 9.59 Å². The maximum Gasteiger partial charge on any atom is 0.405 e. The van der Waals surface area contributed by atoms with E-state index in [1.165, 1.54) is 0 Å². The van der Waals surface area contributed by atoms with E-state index in [0.29, 0.717) is 0 Å². The Kier molecular flexibility index (Phi) is 4.92. The Labute approximate surface area is 77.8 Å². The van der Waals surface area contributed by atoms with Gasteiger partial charge in [0.05, 0.1) is 13.1 Å². The van der Waals surface area contributed by atoms with Crippen LogP contribution in [0.4, 0.5) is 13.2 Å². The van der Waals surface area contributed by atoms with Crippen LogP contribution in [0.25, 0.3) is 0 Å². The van der Waals surface area contributed by atoms with Crippen LogP contribution in [0.2, 0.25) is 0 Å². The highest BCUT2D eigenvalue weighted by Crippen LogP contribution is 2.11. The van der Waals surface area contributed by atoms with E-state index >= 15 is 0 Å². The van der Waals surface area contributed by atoms with Gasteiger partial charge >= 0.3 is 6.18 Å². The second kappa shape index (κ2) is 5.43. The van der Waals surface area contributed by atoms with Crippen LogP contribution in [0.5, 0.6) is 0 Å². The third-order valence-corrected chi connectivity index (χ3v) is 1.12. The van der Waals surface area contributed by atoms with E-state index in [1.807, 2.05) is 5.32 Å². The van der Waals surface area contributed by atoms with Crippen molar-refractivity contribution in [2.45, 2.75) is 6.18 Å². The van der Waals surface area contributed by atoms with Crippen molar-refractivity contribution < 1.29 is 22.8 Å². The van der Waals surface area contributed by atoms with Crippen LogP contribution in [-0.4, -0.2) is 37.6 Å². The van der Waals surface area contributed by atoms with E-state index < -0.39 is 31.1 Å². The maximum atomic E-state index is 11.6. The van der Waals surface area contributed by atoms with Gasteiger partial charge in [0, 0.05) is 0 Å². The summed E-state index contributed by atoms with van der Waals surface area (Å²) in [7, 11) is 0. The molecule has 5 nitrogen and oxygen atoms in total. The van der Waals surface area contributed by atoms with Crippen LogP contribution in [0.1, 0.15) is 0 Å². The molecule has 0 atom stereocenters. The highest BCUT2D eigenvalue weighted by molar-refractivity contribution is 5.85. The first-order chi connectivity index (χ1) is 6.35. The average Bonchev–Trinajstić information content (AvgIpc) is 2.09. The molecule has 14 heavy (non-hydrogen) atoms. The molecule has 82 valence electrons. The lowest BCUT2D eigenvalue weighted by Crippen LogP contribution is -2.42. The molecule has 0 bridgehead atoms. The van der Waals surface area contributed by atoms with E-state index in [-0.39, 0.29) is 6.54 Å². The first-order valence-corrected chi connectivity index (χ1v) is 3.65. The fraction of sp³-hybridized carbons (Fsp3) is 0.667. The molecular formula is C6H10F3N3O2. The lowest BCUT2D eigenvalue weighted by Gasteiger charge is -2.08. The lowest BCUT2D eigenvalue weighted by atomic mass is 10.5. The summed E-state index contributed by atoms with van der Waals surface area (Å²) in [5.74, 6) is -1.52. The number of amides is 2. The molecule has 0 saturated carbocycles. The summed E-state index contributed by atoms with van der Waals surface area (Å²) < 4.78 is 34.7. The smallest absolute Gasteiger partial charge is 0.346 e. The molecule has 0 rings (SSSR count). The number of halogens is 3. The minimum atomic E-state index is -4.45. The van der Waals surface area contributed by atoms with Crippen LogP contribution < -0.4 is 16.4 Å². The van der Waals surface area contributed by atoms with E-state index in [4.69, 9.17) is 5.73 Å². The maximum absolute atomic E-state index is 11.6. The number of rotatable bonds is 4. The van der Waals surface area contributed by atoms with Crippen molar-refractivity contribution >= 4 is 11.8 Å². The Bertz CT molecular complexity index is 217. The van der Waals surface area contributed by atoms with E-state index in [9.17, 15) is 22.8 Å². The topological polar surface area (TPSA) is 84.2 Å². The summed E-state index contributed by atoms with van der Waals surface area (Å²) in [4.78, 5) is 21.1. The van der Waals surface area contributed by atoms with Crippen LogP contribution in [0, 0.1) is 0 Å². The van der Waals surface area contributed by atoms with Gasteiger partial charge in [0.15, 0.2) is 0 Å². The van der Waals surface area contributed by atoms with Gasteiger partial charge in [-0.05, 0) is 0 Å². The molecule has 4 N–H and O–H groups in total. The zero-order chi connectivity index (χ0) is 11.2. The van der Waals surface area contributed by atoms with Crippen molar-refractivity contribution in [2.75, 3.05) is 19.6 Å². The van der Waals surface area contributed by atoms with E-state index in [0.717, 1.165) is 0 Å². The molecule has 0 aromatic heterocycles. The highest BCUT2D eigenvalue weighted by atomic mass is 19.4. The summed E-state index contributed by atoms with van der Waals surface area (Å²) >= 11 is 0. The number of hydrogen-bond acceptors (Lipinski definition) is 3. The predicted molar refractivity (Wildman–Crippen MR) is 41.1 cm³/mol. The molecule has 0 radical (unpaired) electrons. The minimum Gasteiger partial charge on any atom is -0.346 e. The SMILES string of the molecule is NCC(=O)NCC(=O)NCC(F)(F)F. The first-order valence-electron chi connectivity index (χ1n) is 3.65. The summed E-state index contributed by atoms with van der Waals surface area (Å²) in [6.45, 7) is -2.23. The molecule has 0 heterocycles. The monoisotopic (exact) mass is 213 g/mol. The van der Waals surface area contributed by atoms with Gasteiger partial charge in [0.25, 0.3) is 0 Å². The summed E-state index contributed by atoms with van der Waals surface area (Å²) in [6, 6.07) is 0. The molecule has 8 heteroatoms. The summed E-state index contributed by atoms with van der Waals surface area (Å²) in [5.41, 5.74) is 4.88. The number of hydrogen-bond donors (Lipinski definition) is 3. The molecule has 0 spiro atoms. The van der Waals surface area contributed by atoms with Crippen LogP contribution >= 0.6 is 0 Å². The predicted octanol–water partition coefficient (Wildman–Crippen LogP) is -1.26. The third-order valence-electron chi connectivity index (χ3n) is 1.12. The Balaban J connectivity index is 3.62. The standard InChI is InChI=1S/C6H10F3N3O2/c7-6(8,9)3-12-5(14)2-11-4(13)1-10/h1-3,10H2,(H,11,13)(H,12,14). The van der Waals surface area contributed by atoms with Crippen molar-refractivity contribution in [2.24, 2.45) is 5.73 Å². The summed E-state index contributed by atoms with van der Waals surface area (Å²) in [5, 5.41) is 3.61. The molecule has 2 amide bonds. The second-order valence-electron chi connectivity index (χ2n) is 2.37. The third kappa shape index (κ3) is 7.35. The molecule has 0 saturated heterocycles. The van der Waals surface area contributed by atoms with Gasteiger partial charge in [-0.2, -0.15) is 13.2 Å². The Morgan fingerprint density at radius 1 is 1.14 bits per heavy atom. The van der Waals surface area contributed by atoms with Gasteiger partial charge in [-0.15, -0.1) is 0 Å². The van der Waals surface area contributed by atoms with Gasteiger partial charge in [-0.25, -0.2) is 0 Å². The number of carbonyl (C=O) groups is 2. The molecule has 0 unspecified atom stereocenters. The molecular weight excluding hydrogens is 203 g/mol. The fourth-order valence-corrected chi connectivity index (χ4v) is 0.512. The quantitative estimate of drug-likeness (QED) is 0.545. The van der Waals surface area contributed by atoms with Gasteiger partial charge < -0.3 is 16.4 Å². The molecule has 0 aliphatic carbocycles. The van der Waals surface area contributed by atoms with Crippen molar-refractivity contribution in [1.29, 1.82) is 0 Å². The van der Waals surface area contributed by atoms with Crippen LogP contribution in [0.3, 0.4) is 0 Å². The summed E-state index contributed by atoms with van der Waals surface area (Å²) in [6.07, 6.45) is -4.45. The number of nitrogens with one attached hydrogen (secondary N) is 2. The van der Waals surface area contributed by atoms with Gasteiger partial charge in [-0.3, -0.25) is 9.59 Å². The Hall–Kier alpha value is -1.31. The molecule has 0 fully saturated rings. The molecule has 0 aromatic rings. The highest BCUT2D eigenvalue weighted by Gasteiger charge is 2.27. The van der Waals surface area contributed by atoms with Gasteiger partial charge in [0.2, 0.25) is 11.8 Å². The number of nitrogens with two attached hydrogens (primary N) is 1. The van der Waals surface area contributed by atoms with Crippen molar-refractivity contribution in [3.8, 4) is 0 Å². The fourth-order valence-electron chi connectivity index (χ4n) is 0.512. The van der Waals surface area contributed by atoms with E-state index in [1.54, 1.807) is 5.32 Å². The minimum absolute atomic E-state index is 0.313. The zero-order valence-corrected chi connectivity index (χ0v) is 7.15. The normalized spacial score (nSPS) is 10.9.